The first kappa shape index (κ1) is 19.2. The Bertz CT molecular complexity index is 1110. The molecule has 0 bridgehead atoms. The minimum absolute atomic E-state index is 0.0539. The van der Waals surface area contributed by atoms with Crippen LogP contribution in [0.5, 0.6) is 0 Å². The molecule has 1 aliphatic rings. The van der Waals surface area contributed by atoms with Crippen molar-refractivity contribution in [1.82, 2.24) is 14.1 Å². The first-order valence-electron chi connectivity index (χ1n) is 9.42. The van der Waals surface area contributed by atoms with Gasteiger partial charge in [0.2, 0.25) is 0 Å². The molecule has 4 rings (SSSR count). The van der Waals surface area contributed by atoms with E-state index in [1.807, 2.05) is 60.7 Å². The smallest absolute Gasteiger partial charge is 0.289 e. The van der Waals surface area contributed by atoms with Crippen LogP contribution in [0.4, 0.5) is 10.5 Å². The average molecular weight is 410 g/mol. The third-order valence-electron chi connectivity index (χ3n) is 5.05. The standard InChI is InChI=1S/C21H22N4O3S/c1-23-20-19(16-22-23)24(14-12-17-8-4-2-5-9-17)21(26)25(29(20,27)28)15-13-18-10-6-3-7-11-18/h2-11,16H,12-15H2,1H3. The highest BCUT2D eigenvalue weighted by molar-refractivity contribution is 7.89. The highest BCUT2D eigenvalue weighted by Crippen LogP contribution is 2.34. The second-order valence-corrected chi connectivity index (χ2v) is 8.72. The average Bonchev–Trinajstić information content (AvgIpc) is 3.11. The van der Waals surface area contributed by atoms with Crippen molar-refractivity contribution in [2.24, 2.45) is 7.05 Å². The molecule has 1 aromatic heterocycles. The molecule has 150 valence electrons. The van der Waals surface area contributed by atoms with Crippen LogP contribution in [0.25, 0.3) is 0 Å². The van der Waals surface area contributed by atoms with Crippen LogP contribution in [-0.4, -0.2) is 41.6 Å². The van der Waals surface area contributed by atoms with Crippen LogP contribution in [0, 0.1) is 0 Å². The maximum absolute atomic E-state index is 13.2. The van der Waals surface area contributed by atoms with Crippen molar-refractivity contribution >= 4 is 21.7 Å². The minimum atomic E-state index is -3.96. The predicted molar refractivity (Wildman–Crippen MR) is 110 cm³/mol. The lowest BCUT2D eigenvalue weighted by Gasteiger charge is -2.34. The Morgan fingerprint density at radius 3 is 2.00 bits per heavy atom. The van der Waals surface area contributed by atoms with E-state index in [0.717, 1.165) is 15.4 Å². The minimum Gasteiger partial charge on any atom is -0.289 e. The number of benzene rings is 2. The molecule has 2 aromatic carbocycles. The number of nitrogens with zero attached hydrogens (tertiary/aromatic N) is 4. The zero-order valence-electron chi connectivity index (χ0n) is 16.1. The van der Waals surface area contributed by atoms with Crippen LogP contribution in [0.15, 0.2) is 71.9 Å². The van der Waals surface area contributed by atoms with E-state index in [1.54, 1.807) is 7.05 Å². The Kier molecular flexibility index (Phi) is 5.10. The fourth-order valence-electron chi connectivity index (χ4n) is 3.54. The summed E-state index contributed by atoms with van der Waals surface area (Å²) in [4.78, 5) is 14.7. The Hall–Kier alpha value is -3.13. The quantitative estimate of drug-likeness (QED) is 0.626. The molecule has 1 aliphatic heterocycles. The predicted octanol–water partition coefficient (Wildman–Crippen LogP) is 2.84. The highest BCUT2D eigenvalue weighted by Gasteiger charge is 2.43. The van der Waals surface area contributed by atoms with Crippen molar-refractivity contribution < 1.29 is 13.2 Å². The molecule has 0 saturated carbocycles. The number of sulfonamides is 1. The van der Waals surface area contributed by atoms with Crippen molar-refractivity contribution in [3.05, 3.63) is 78.0 Å². The summed E-state index contributed by atoms with van der Waals surface area (Å²) in [6.45, 7) is 0.455. The van der Waals surface area contributed by atoms with Crippen LogP contribution in [-0.2, 0) is 29.9 Å². The summed E-state index contributed by atoms with van der Waals surface area (Å²) in [6, 6.07) is 18.8. The van der Waals surface area contributed by atoms with Crippen LogP contribution in [0.3, 0.4) is 0 Å². The van der Waals surface area contributed by atoms with E-state index >= 15 is 0 Å². The van der Waals surface area contributed by atoms with Crippen LogP contribution in [0.1, 0.15) is 11.1 Å². The number of anilines is 1. The monoisotopic (exact) mass is 410 g/mol. The number of fused-ring (bicyclic) bond motifs is 1. The molecule has 0 unspecified atom stereocenters. The van der Waals surface area contributed by atoms with Gasteiger partial charge >= 0.3 is 6.03 Å². The zero-order chi connectivity index (χ0) is 20.4. The van der Waals surface area contributed by atoms with Gasteiger partial charge in [0, 0.05) is 20.1 Å². The molecule has 0 fully saturated rings. The number of aromatic nitrogens is 2. The zero-order valence-corrected chi connectivity index (χ0v) is 16.9. The number of urea groups is 1. The summed E-state index contributed by atoms with van der Waals surface area (Å²) in [5, 5.41) is 4.16. The van der Waals surface area contributed by atoms with Gasteiger partial charge in [-0.25, -0.2) is 9.10 Å². The van der Waals surface area contributed by atoms with Crippen molar-refractivity contribution in [1.29, 1.82) is 0 Å². The second-order valence-electron chi connectivity index (χ2n) is 6.94. The van der Waals surface area contributed by atoms with Gasteiger partial charge in [0.1, 0.15) is 5.69 Å². The van der Waals surface area contributed by atoms with Gasteiger partial charge in [-0.2, -0.15) is 13.5 Å². The first-order valence-corrected chi connectivity index (χ1v) is 10.9. The maximum atomic E-state index is 13.2. The molecule has 0 radical (unpaired) electrons. The van der Waals surface area contributed by atoms with Crippen LogP contribution in [0.2, 0.25) is 0 Å². The molecule has 29 heavy (non-hydrogen) atoms. The van der Waals surface area contributed by atoms with Gasteiger partial charge in [-0.1, -0.05) is 60.7 Å². The number of carbonyl (C=O) groups is 1. The third kappa shape index (κ3) is 3.63. The number of aryl methyl sites for hydroxylation is 1. The van der Waals surface area contributed by atoms with Gasteiger partial charge in [-0.3, -0.25) is 9.58 Å². The van der Waals surface area contributed by atoms with Crippen LogP contribution < -0.4 is 4.90 Å². The molecule has 0 aliphatic carbocycles. The Morgan fingerprint density at radius 2 is 1.41 bits per heavy atom. The van der Waals surface area contributed by atoms with E-state index in [4.69, 9.17) is 0 Å². The van der Waals surface area contributed by atoms with Gasteiger partial charge in [0.15, 0.2) is 5.03 Å². The summed E-state index contributed by atoms with van der Waals surface area (Å²) >= 11 is 0. The second kappa shape index (κ2) is 7.71. The molecule has 0 spiro atoms. The molecule has 0 atom stereocenters. The molecule has 2 amide bonds. The van der Waals surface area contributed by atoms with Crippen molar-refractivity contribution in [3.8, 4) is 0 Å². The van der Waals surface area contributed by atoms with Crippen LogP contribution >= 0.6 is 0 Å². The van der Waals surface area contributed by atoms with E-state index < -0.39 is 16.1 Å². The molecule has 2 heterocycles. The summed E-state index contributed by atoms with van der Waals surface area (Å²) in [7, 11) is -2.38. The van der Waals surface area contributed by atoms with E-state index in [1.165, 1.54) is 15.8 Å². The highest BCUT2D eigenvalue weighted by atomic mass is 32.2. The Balaban J connectivity index is 1.63. The van der Waals surface area contributed by atoms with Gasteiger partial charge in [-0.05, 0) is 24.0 Å². The van der Waals surface area contributed by atoms with Gasteiger partial charge < -0.3 is 0 Å². The molecule has 7 nitrogen and oxygen atoms in total. The largest absolute Gasteiger partial charge is 0.338 e. The fraction of sp³-hybridized carbons (Fsp3) is 0.238. The number of amides is 2. The summed E-state index contributed by atoms with van der Waals surface area (Å²) in [6.07, 6.45) is 2.52. The first-order chi connectivity index (χ1) is 14.0. The third-order valence-corrected chi connectivity index (χ3v) is 6.93. The van der Waals surface area contributed by atoms with E-state index in [0.29, 0.717) is 25.1 Å². The maximum Gasteiger partial charge on any atom is 0.338 e. The summed E-state index contributed by atoms with van der Waals surface area (Å²) in [5.74, 6) is 0. The Labute approximate surface area is 170 Å². The van der Waals surface area contributed by atoms with E-state index in [9.17, 15) is 13.2 Å². The summed E-state index contributed by atoms with van der Waals surface area (Å²) in [5.41, 5.74) is 2.39. The number of hydrogen-bond acceptors (Lipinski definition) is 4. The lowest BCUT2D eigenvalue weighted by Crippen LogP contribution is -2.52. The summed E-state index contributed by atoms with van der Waals surface area (Å²) < 4.78 is 28.6. The Morgan fingerprint density at radius 1 is 0.862 bits per heavy atom. The SMILES string of the molecule is Cn1ncc2c1S(=O)(=O)N(CCc1ccccc1)C(=O)N2CCc1ccccc1. The van der Waals surface area contributed by atoms with E-state index in [-0.39, 0.29) is 11.6 Å². The lowest BCUT2D eigenvalue weighted by molar-refractivity contribution is 0.227. The fourth-order valence-corrected chi connectivity index (χ4v) is 5.19. The molecule has 8 heteroatoms. The molecule has 3 aromatic rings. The van der Waals surface area contributed by atoms with Crippen molar-refractivity contribution in [3.63, 3.8) is 0 Å². The molecule has 0 N–H and O–H groups in total. The number of hydrogen-bond donors (Lipinski definition) is 0. The van der Waals surface area contributed by atoms with Crippen molar-refractivity contribution in [2.45, 2.75) is 17.9 Å². The van der Waals surface area contributed by atoms with Crippen molar-refractivity contribution in [2.75, 3.05) is 18.0 Å². The van der Waals surface area contributed by atoms with Gasteiger partial charge in [0.05, 0.1) is 6.20 Å². The van der Waals surface area contributed by atoms with Gasteiger partial charge in [-0.15, -0.1) is 0 Å². The van der Waals surface area contributed by atoms with Gasteiger partial charge in [0.25, 0.3) is 10.0 Å². The van der Waals surface area contributed by atoms with E-state index in [2.05, 4.69) is 5.10 Å². The molecular formula is C21H22N4O3S. The number of rotatable bonds is 6. The topological polar surface area (TPSA) is 75.5 Å². The normalized spacial score (nSPS) is 15.4. The molecular weight excluding hydrogens is 388 g/mol. The number of carbonyl (C=O) groups excluding carboxylic acids is 1. The lowest BCUT2D eigenvalue weighted by atomic mass is 10.1. The molecule has 0 saturated heterocycles.